The van der Waals surface area contributed by atoms with Gasteiger partial charge in [-0.25, -0.2) is 0 Å². The van der Waals surface area contributed by atoms with Crippen LogP contribution in [-0.2, 0) is 4.79 Å². The zero-order valence-electron chi connectivity index (χ0n) is 10.2. The fourth-order valence-electron chi connectivity index (χ4n) is 1.59. The van der Waals surface area contributed by atoms with Crippen molar-refractivity contribution in [3.63, 3.8) is 0 Å². The van der Waals surface area contributed by atoms with E-state index in [0.717, 1.165) is 9.13 Å². The van der Waals surface area contributed by atoms with Gasteiger partial charge in [-0.2, -0.15) is 0 Å². The predicted octanol–water partition coefficient (Wildman–Crippen LogP) is 2.80. The van der Waals surface area contributed by atoms with Gasteiger partial charge in [0, 0.05) is 0 Å². The molecule has 19 heavy (non-hydrogen) atoms. The summed E-state index contributed by atoms with van der Waals surface area (Å²) in [4.78, 5) is 12.2. The van der Waals surface area contributed by atoms with Crippen LogP contribution in [0.5, 0.6) is 11.5 Å². The summed E-state index contributed by atoms with van der Waals surface area (Å²) in [6.45, 7) is 0. The molecule has 1 saturated heterocycles. The summed E-state index contributed by atoms with van der Waals surface area (Å²) in [6.07, 6.45) is 1.78. The van der Waals surface area contributed by atoms with E-state index < -0.39 is 0 Å². The number of rotatable bonds is 3. The second-order valence-electron chi connectivity index (χ2n) is 3.59. The summed E-state index contributed by atoms with van der Waals surface area (Å²) in [6, 6.07) is 3.74. The summed E-state index contributed by atoms with van der Waals surface area (Å²) in [5, 5.41) is 2.58. The van der Waals surface area contributed by atoms with Gasteiger partial charge in [-0.3, -0.25) is 4.79 Å². The minimum atomic E-state index is -0.167. The molecule has 0 spiro atoms. The summed E-state index contributed by atoms with van der Waals surface area (Å²) in [5.41, 5.74) is 0.865. The number of thioether (sulfide) groups is 1. The van der Waals surface area contributed by atoms with Crippen LogP contribution in [0.2, 0.25) is 0 Å². The molecule has 1 N–H and O–H groups in total. The lowest BCUT2D eigenvalue weighted by molar-refractivity contribution is -0.115. The molecule has 0 unspecified atom stereocenters. The fraction of sp³-hybridized carbons (Fsp3) is 0.167. The number of hydrogen-bond donors (Lipinski definition) is 1. The topological polar surface area (TPSA) is 47.6 Å². The lowest BCUT2D eigenvalue weighted by Gasteiger charge is -2.10. The molecule has 0 aromatic heterocycles. The van der Waals surface area contributed by atoms with Crippen molar-refractivity contribution in [3.8, 4) is 11.5 Å². The van der Waals surface area contributed by atoms with Crippen molar-refractivity contribution in [3.05, 3.63) is 26.2 Å². The largest absolute Gasteiger partial charge is 0.493 e. The SMILES string of the molecule is COc1cc(/C=C2/SC(=S)NC2=O)cc(I)c1OC. The van der Waals surface area contributed by atoms with Gasteiger partial charge >= 0.3 is 0 Å². The van der Waals surface area contributed by atoms with Gasteiger partial charge in [0.15, 0.2) is 11.5 Å². The number of nitrogens with one attached hydrogen (secondary N) is 1. The van der Waals surface area contributed by atoms with Crippen molar-refractivity contribution < 1.29 is 14.3 Å². The Morgan fingerprint density at radius 3 is 2.63 bits per heavy atom. The first-order valence-corrected chi connectivity index (χ1v) is 7.52. The summed E-state index contributed by atoms with van der Waals surface area (Å²) >= 11 is 8.37. The van der Waals surface area contributed by atoms with E-state index in [1.807, 2.05) is 12.1 Å². The predicted molar refractivity (Wildman–Crippen MR) is 88.6 cm³/mol. The first-order valence-electron chi connectivity index (χ1n) is 5.21. The van der Waals surface area contributed by atoms with E-state index >= 15 is 0 Å². The number of carbonyl (C=O) groups is 1. The lowest BCUT2D eigenvalue weighted by Crippen LogP contribution is -2.17. The molecule has 2 rings (SSSR count). The van der Waals surface area contributed by atoms with Gasteiger partial charge in [-0.05, 0) is 46.4 Å². The van der Waals surface area contributed by atoms with Crippen molar-refractivity contribution in [1.29, 1.82) is 0 Å². The van der Waals surface area contributed by atoms with Crippen LogP contribution in [0.4, 0.5) is 0 Å². The molecule has 1 aliphatic rings. The average Bonchev–Trinajstić information content (AvgIpc) is 2.67. The number of thiocarbonyl (C=S) groups is 1. The van der Waals surface area contributed by atoms with Crippen molar-refractivity contribution in [2.75, 3.05) is 14.2 Å². The van der Waals surface area contributed by atoms with Crippen LogP contribution in [0.3, 0.4) is 0 Å². The third kappa shape index (κ3) is 3.21. The molecule has 0 atom stereocenters. The molecule has 100 valence electrons. The van der Waals surface area contributed by atoms with E-state index in [1.54, 1.807) is 20.3 Å². The monoisotopic (exact) mass is 407 g/mol. The number of amides is 1. The Morgan fingerprint density at radius 2 is 2.11 bits per heavy atom. The van der Waals surface area contributed by atoms with E-state index in [0.29, 0.717) is 20.7 Å². The molecule has 1 aromatic carbocycles. The van der Waals surface area contributed by atoms with Gasteiger partial charge in [0.25, 0.3) is 5.91 Å². The quantitative estimate of drug-likeness (QED) is 0.475. The van der Waals surface area contributed by atoms with Crippen LogP contribution in [0.15, 0.2) is 17.0 Å². The maximum atomic E-state index is 11.6. The molecule has 1 heterocycles. The van der Waals surface area contributed by atoms with Crippen molar-refractivity contribution in [1.82, 2.24) is 5.32 Å². The van der Waals surface area contributed by atoms with Crippen molar-refractivity contribution in [2.24, 2.45) is 0 Å². The molecule has 1 amide bonds. The molecule has 1 fully saturated rings. The first-order chi connectivity index (χ1) is 9.05. The summed E-state index contributed by atoms with van der Waals surface area (Å²) in [7, 11) is 3.17. The average molecular weight is 407 g/mol. The highest BCUT2D eigenvalue weighted by molar-refractivity contribution is 14.1. The summed E-state index contributed by atoms with van der Waals surface area (Å²) < 4.78 is 11.9. The van der Waals surface area contributed by atoms with Gasteiger partial charge in [-0.15, -0.1) is 0 Å². The van der Waals surface area contributed by atoms with Crippen LogP contribution >= 0.6 is 46.6 Å². The third-order valence-corrected chi connectivity index (χ3v) is 4.36. The molecular weight excluding hydrogens is 397 g/mol. The van der Waals surface area contributed by atoms with E-state index in [2.05, 4.69) is 27.9 Å². The highest BCUT2D eigenvalue weighted by Crippen LogP contribution is 2.35. The maximum absolute atomic E-state index is 11.6. The molecule has 0 bridgehead atoms. The van der Waals surface area contributed by atoms with E-state index in [9.17, 15) is 4.79 Å². The number of carbonyl (C=O) groups excluding carboxylic acids is 1. The molecule has 1 aliphatic heterocycles. The summed E-state index contributed by atoms with van der Waals surface area (Å²) in [5.74, 6) is 1.15. The van der Waals surface area contributed by atoms with Crippen molar-refractivity contribution >= 4 is 62.9 Å². The Morgan fingerprint density at radius 1 is 1.37 bits per heavy atom. The lowest BCUT2D eigenvalue weighted by atomic mass is 10.2. The number of methoxy groups -OCH3 is 2. The zero-order chi connectivity index (χ0) is 14.0. The highest BCUT2D eigenvalue weighted by Gasteiger charge is 2.22. The smallest absolute Gasteiger partial charge is 0.263 e. The van der Waals surface area contributed by atoms with Crippen LogP contribution in [-0.4, -0.2) is 24.4 Å². The van der Waals surface area contributed by atoms with E-state index in [-0.39, 0.29) is 5.91 Å². The van der Waals surface area contributed by atoms with Gasteiger partial charge in [-0.1, -0.05) is 24.0 Å². The van der Waals surface area contributed by atoms with Gasteiger partial charge in [0.2, 0.25) is 0 Å². The Bertz CT molecular complexity index is 587. The first kappa shape index (κ1) is 14.6. The number of halogens is 1. The van der Waals surface area contributed by atoms with Gasteiger partial charge in [0.05, 0.1) is 22.7 Å². The highest BCUT2D eigenvalue weighted by atomic mass is 127. The standard InChI is InChI=1S/C12H10INO3S2/c1-16-8-4-6(3-7(13)10(8)17-2)5-9-11(15)14-12(18)19-9/h3-5H,1-2H3,(H,14,15,18)/b9-5+. The molecule has 1 aromatic rings. The van der Waals surface area contributed by atoms with Gasteiger partial charge < -0.3 is 14.8 Å². The van der Waals surface area contributed by atoms with Crippen LogP contribution in [0.25, 0.3) is 6.08 Å². The number of benzene rings is 1. The molecule has 4 nitrogen and oxygen atoms in total. The minimum absolute atomic E-state index is 0.167. The second-order valence-corrected chi connectivity index (χ2v) is 6.47. The third-order valence-electron chi connectivity index (χ3n) is 2.40. The van der Waals surface area contributed by atoms with Crippen molar-refractivity contribution in [2.45, 2.75) is 0 Å². The Labute approximate surface area is 134 Å². The second kappa shape index (κ2) is 6.10. The number of ether oxygens (including phenoxy) is 2. The van der Waals surface area contributed by atoms with Crippen LogP contribution in [0, 0.1) is 3.57 Å². The molecule has 0 aliphatic carbocycles. The normalized spacial score (nSPS) is 16.7. The zero-order valence-corrected chi connectivity index (χ0v) is 13.9. The molecule has 0 saturated carbocycles. The van der Waals surface area contributed by atoms with Gasteiger partial charge in [0.1, 0.15) is 4.32 Å². The minimum Gasteiger partial charge on any atom is -0.493 e. The Kier molecular flexibility index (Phi) is 4.69. The van der Waals surface area contributed by atoms with Crippen LogP contribution < -0.4 is 14.8 Å². The molecular formula is C12H10INO3S2. The Hall–Kier alpha value is -0.800. The Balaban J connectivity index is 2.42. The molecule has 7 heteroatoms. The van der Waals surface area contributed by atoms with E-state index in [4.69, 9.17) is 21.7 Å². The maximum Gasteiger partial charge on any atom is 0.263 e. The molecule has 0 radical (unpaired) electrons. The van der Waals surface area contributed by atoms with E-state index in [1.165, 1.54) is 11.8 Å². The number of hydrogen-bond acceptors (Lipinski definition) is 5. The fourth-order valence-corrected chi connectivity index (χ4v) is 3.48. The van der Waals surface area contributed by atoms with Crippen LogP contribution in [0.1, 0.15) is 5.56 Å².